The van der Waals surface area contributed by atoms with Gasteiger partial charge in [-0.25, -0.2) is 0 Å². The Bertz CT molecular complexity index is 515. The van der Waals surface area contributed by atoms with Crippen molar-refractivity contribution in [1.82, 2.24) is 0 Å². The van der Waals surface area contributed by atoms with Crippen molar-refractivity contribution in [3.05, 3.63) is 27.3 Å². The number of carbonyl (C=O) groups excluding carboxylic acids is 1. The number of anilines is 1. The van der Waals surface area contributed by atoms with Gasteiger partial charge < -0.3 is 4.90 Å². The zero-order valence-corrected chi connectivity index (χ0v) is 12.0. The lowest BCUT2D eigenvalue weighted by Crippen LogP contribution is -2.39. The summed E-state index contributed by atoms with van der Waals surface area (Å²) < 4.78 is 38.8. The van der Waals surface area contributed by atoms with Crippen molar-refractivity contribution in [2.45, 2.75) is 24.9 Å². The second-order valence-corrected chi connectivity index (χ2v) is 5.90. The van der Waals surface area contributed by atoms with E-state index in [0.717, 1.165) is 3.57 Å². The van der Waals surface area contributed by atoms with Gasteiger partial charge in [0.1, 0.15) is 0 Å². The molecule has 0 saturated heterocycles. The van der Waals surface area contributed by atoms with E-state index in [2.05, 4.69) is 0 Å². The van der Waals surface area contributed by atoms with Crippen LogP contribution in [0.5, 0.6) is 0 Å². The maximum Gasteiger partial charge on any atom is 0.390 e. The van der Waals surface area contributed by atoms with E-state index >= 15 is 0 Å². The highest BCUT2D eigenvalue weighted by molar-refractivity contribution is 14.1. The number of hydrogen-bond donors (Lipinski definition) is 0. The maximum atomic E-state index is 12.7. The Morgan fingerprint density at radius 3 is 2.56 bits per heavy atom. The molecule has 1 aromatic carbocycles. The molecule has 0 aromatic heterocycles. The third-order valence-corrected chi connectivity index (χ3v) is 3.92. The van der Waals surface area contributed by atoms with Crippen LogP contribution in [0.25, 0.3) is 0 Å². The number of amides is 1. The Balaban J connectivity index is 2.57. The minimum absolute atomic E-state index is 0.458. The minimum Gasteiger partial charge on any atom is -0.314 e. The molecule has 2 nitrogen and oxygen atoms in total. The van der Waals surface area contributed by atoms with Gasteiger partial charge in [-0.1, -0.05) is 0 Å². The van der Waals surface area contributed by atoms with Gasteiger partial charge in [-0.3, -0.25) is 4.79 Å². The zero-order valence-electron chi connectivity index (χ0n) is 9.81. The van der Waals surface area contributed by atoms with E-state index in [1.54, 1.807) is 18.2 Å². The molecule has 1 heterocycles. The first-order valence-corrected chi connectivity index (χ1v) is 6.38. The van der Waals surface area contributed by atoms with Crippen LogP contribution in [0, 0.1) is 3.57 Å². The molecule has 1 unspecified atom stereocenters. The van der Waals surface area contributed by atoms with E-state index in [9.17, 15) is 18.0 Å². The highest BCUT2D eigenvalue weighted by Crippen LogP contribution is 2.47. The molecular formula is C12H11F3INO. The Kier molecular flexibility index (Phi) is 3.11. The van der Waals surface area contributed by atoms with Crippen LogP contribution in [0.2, 0.25) is 0 Å². The number of nitrogens with zero attached hydrogens (tertiary/aromatic N) is 1. The highest BCUT2D eigenvalue weighted by Gasteiger charge is 2.52. The fourth-order valence-corrected chi connectivity index (χ4v) is 2.90. The summed E-state index contributed by atoms with van der Waals surface area (Å²) in [5.74, 6) is -0.503. The molecule has 0 fully saturated rings. The van der Waals surface area contributed by atoms with Crippen molar-refractivity contribution in [2.24, 2.45) is 0 Å². The number of halogens is 4. The van der Waals surface area contributed by atoms with Gasteiger partial charge >= 0.3 is 6.18 Å². The molecule has 1 aliphatic rings. The zero-order chi connectivity index (χ0) is 13.7. The molecule has 0 aliphatic carbocycles. The number of rotatable bonds is 1. The van der Waals surface area contributed by atoms with Gasteiger partial charge in [0.25, 0.3) is 0 Å². The largest absolute Gasteiger partial charge is 0.390 e. The topological polar surface area (TPSA) is 20.3 Å². The summed E-state index contributed by atoms with van der Waals surface area (Å²) in [4.78, 5) is 13.4. The Hall–Kier alpha value is -0.790. The number of alkyl halides is 3. The summed E-state index contributed by atoms with van der Waals surface area (Å²) in [6, 6.07) is 5.13. The Morgan fingerprint density at radius 2 is 2.00 bits per heavy atom. The quantitative estimate of drug-likeness (QED) is 0.695. The molecule has 0 N–H and O–H groups in total. The van der Waals surface area contributed by atoms with E-state index < -0.39 is 23.9 Å². The average molecular weight is 369 g/mol. The second kappa shape index (κ2) is 4.11. The average Bonchev–Trinajstić information content (AvgIpc) is 2.39. The lowest BCUT2D eigenvalue weighted by Gasteiger charge is -2.24. The summed E-state index contributed by atoms with van der Waals surface area (Å²) in [7, 11) is 1.51. The van der Waals surface area contributed by atoms with Crippen LogP contribution < -0.4 is 4.90 Å². The van der Waals surface area contributed by atoms with E-state index in [0.29, 0.717) is 11.3 Å². The molecule has 1 aromatic rings. The Labute approximate surface area is 116 Å². The molecule has 2 rings (SSSR count). The summed E-state index contributed by atoms with van der Waals surface area (Å²) in [5.41, 5.74) is -0.491. The van der Waals surface area contributed by atoms with Crippen molar-refractivity contribution in [3.8, 4) is 0 Å². The van der Waals surface area contributed by atoms with Crippen LogP contribution in [0.3, 0.4) is 0 Å². The second-order valence-electron chi connectivity index (χ2n) is 4.65. The van der Waals surface area contributed by atoms with E-state index in [-0.39, 0.29) is 0 Å². The summed E-state index contributed by atoms with van der Waals surface area (Å²) in [6.45, 7) is 1.36. The molecule has 98 valence electrons. The van der Waals surface area contributed by atoms with Crippen molar-refractivity contribution >= 4 is 34.2 Å². The normalized spacial score (nSPS) is 23.4. The van der Waals surface area contributed by atoms with Crippen LogP contribution >= 0.6 is 22.6 Å². The first-order chi connectivity index (χ1) is 8.15. The standard InChI is InChI=1S/C12H11F3INO/c1-11(6-12(13,14)15)8-5-7(16)3-4-9(8)17(2)10(11)18/h3-5H,6H2,1-2H3. The van der Waals surface area contributed by atoms with Crippen LogP contribution in [0.4, 0.5) is 18.9 Å². The molecule has 18 heavy (non-hydrogen) atoms. The van der Waals surface area contributed by atoms with Crippen molar-refractivity contribution in [3.63, 3.8) is 0 Å². The molecule has 0 bridgehead atoms. The number of likely N-dealkylation sites (N-methyl/N-ethyl adjacent to an activating group) is 1. The van der Waals surface area contributed by atoms with E-state index in [1.165, 1.54) is 18.9 Å². The number of benzene rings is 1. The molecule has 1 amide bonds. The highest BCUT2D eigenvalue weighted by atomic mass is 127. The third kappa shape index (κ3) is 2.10. The van der Waals surface area contributed by atoms with E-state index in [4.69, 9.17) is 0 Å². The Morgan fingerprint density at radius 1 is 1.39 bits per heavy atom. The van der Waals surface area contributed by atoms with Gasteiger partial charge in [0.2, 0.25) is 5.91 Å². The van der Waals surface area contributed by atoms with Crippen molar-refractivity contribution < 1.29 is 18.0 Å². The van der Waals surface area contributed by atoms with Gasteiger partial charge in [0.15, 0.2) is 0 Å². The summed E-state index contributed by atoms with van der Waals surface area (Å²) in [6.07, 6.45) is -5.50. The molecule has 0 radical (unpaired) electrons. The first kappa shape index (κ1) is 13.6. The minimum atomic E-state index is -4.37. The lowest BCUT2D eigenvalue weighted by molar-refractivity contribution is -0.154. The maximum absolute atomic E-state index is 12.7. The van der Waals surface area contributed by atoms with Gasteiger partial charge in [-0.05, 0) is 53.3 Å². The SMILES string of the molecule is CN1C(=O)C(C)(CC(F)(F)F)c2cc(I)ccc21. The molecule has 0 spiro atoms. The van der Waals surface area contributed by atoms with Gasteiger partial charge in [-0.2, -0.15) is 13.2 Å². The predicted octanol–water partition coefficient (Wildman–Crippen LogP) is 3.48. The number of hydrogen-bond acceptors (Lipinski definition) is 1. The van der Waals surface area contributed by atoms with Gasteiger partial charge in [0, 0.05) is 16.3 Å². The fourth-order valence-electron chi connectivity index (χ4n) is 2.41. The smallest absolute Gasteiger partial charge is 0.314 e. The third-order valence-electron chi connectivity index (χ3n) is 3.25. The van der Waals surface area contributed by atoms with E-state index in [1.807, 2.05) is 22.6 Å². The molecular weight excluding hydrogens is 358 g/mol. The first-order valence-electron chi connectivity index (χ1n) is 5.30. The van der Waals surface area contributed by atoms with Crippen molar-refractivity contribution in [1.29, 1.82) is 0 Å². The molecule has 6 heteroatoms. The summed E-state index contributed by atoms with van der Waals surface area (Å²) in [5, 5.41) is 0. The summed E-state index contributed by atoms with van der Waals surface area (Å²) >= 11 is 2.03. The fraction of sp³-hybridized carbons (Fsp3) is 0.417. The molecule has 1 atom stereocenters. The van der Waals surface area contributed by atoms with Crippen LogP contribution in [0.1, 0.15) is 18.9 Å². The van der Waals surface area contributed by atoms with Gasteiger partial charge in [-0.15, -0.1) is 0 Å². The number of carbonyl (C=O) groups is 1. The molecule has 0 saturated carbocycles. The predicted molar refractivity (Wildman–Crippen MR) is 70.6 cm³/mol. The lowest BCUT2D eigenvalue weighted by atomic mass is 9.80. The molecule has 1 aliphatic heterocycles. The monoisotopic (exact) mass is 369 g/mol. The van der Waals surface area contributed by atoms with Crippen LogP contribution in [-0.4, -0.2) is 19.1 Å². The van der Waals surface area contributed by atoms with Crippen LogP contribution in [-0.2, 0) is 10.2 Å². The van der Waals surface area contributed by atoms with Crippen LogP contribution in [0.15, 0.2) is 18.2 Å². The van der Waals surface area contributed by atoms with Crippen molar-refractivity contribution in [2.75, 3.05) is 11.9 Å². The van der Waals surface area contributed by atoms with Gasteiger partial charge in [0.05, 0.1) is 11.8 Å². The number of fused-ring (bicyclic) bond motifs is 1.